The van der Waals surface area contributed by atoms with Gasteiger partial charge in [0.1, 0.15) is 5.76 Å². The van der Waals surface area contributed by atoms with Crippen LogP contribution in [-0.4, -0.2) is 5.78 Å². The van der Waals surface area contributed by atoms with Crippen LogP contribution in [-0.2, 0) is 0 Å². The number of carbonyl (C=O) groups is 1. The first-order chi connectivity index (χ1) is 7.25. The Balaban J connectivity index is 2.09. The van der Waals surface area contributed by atoms with Gasteiger partial charge in [-0.25, -0.2) is 0 Å². The normalized spacial score (nSPS) is 11.0. The summed E-state index contributed by atoms with van der Waals surface area (Å²) in [5.41, 5.74) is 0. The Hall–Kier alpha value is -1.13. The van der Waals surface area contributed by atoms with Crippen molar-refractivity contribution in [1.82, 2.24) is 0 Å². The van der Waals surface area contributed by atoms with Gasteiger partial charge in [0.05, 0.1) is 4.88 Å². The molecule has 0 saturated heterocycles. The van der Waals surface area contributed by atoms with Gasteiger partial charge in [-0.05, 0) is 51.7 Å². The molecule has 2 heterocycles. The summed E-state index contributed by atoms with van der Waals surface area (Å²) in [5.74, 6) is 0.657. The highest BCUT2D eigenvalue weighted by Crippen LogP contribution is 2.16. The summed E-state index contributed by atoms with van der Waals surface area (Å²) in [6, 6.07) is 7.24. The molecule has 0 aliphatic heterocycles. The molecule has 2 nitrogen and oxygen atoms in total. The average molecular weight is 283 g/mol. The SMILES string of the molecule is O=C(/C=C/c1ccc(Br)o1)c1cccs1. The highest BCUT2D eigenvalue weighted by Gasteiger charge is 2.02. The van der Waals surface area contributed by atoms with E-state index in [0.717, 1.165) is 4.88 Å². The van der Waals surface area contributed by atoms with Crippen LogP contribution in [0.1, 0.15) is 15.4 Å². The third kappa shape index (κ3) is 2.67. The topological polar surface area (TPSA) is 30.2 Å². The number of allylic oxidation sites excluding steroid dienone is 1. The molecule has 0 fully saturated rings. The Morgan fingerprint density at radius 2 is 2.27 bits per heavy atom. The van der Waals surface area contributed by atoms with E-state index in [1.807, 2.05) is 11.4 Å². The third-order valence-electron chi connectivity index (χ3n) is 1.76. The first-order valence-corrected chi connectivity index (χ1v) is 5.94. The maximum absolute atomic E-state index is 11.6. The van der Waals surface area contributed by atoms with Crippen LogP contribution in [0, 0.1) is 0 Å². The Bertz CT molecular complexity index is 482. The zero-order valence-electron chi connectivity index (χ0n) is 7.64. The number of ketones is 1. The molecule has 0 spiro atoms. The number of hydrogen-bond donors (Lipinski definition) is 0. The van der Waals surface area contributed by atoms with Crippen molar-refractivity contribution in [2.24, 2.45) is 0 Å². The van der Waals surface area contributed by atoms with E-state index in [4.69, 9.17) is 4.42 Å². The Kier molecular flexibility index (Phi) is 3.18. The predicted molar refractivity (Wildman–Crippen MR) is 64.1 cm³/mol. The molecule has 15 heavy (non-hydrogen) atoms. The summed E-state index contributed by atoms with van der Waals surface area (Å²) in [7, 11) is 0. The fraction of sp³-hybridized carbons (Fsp3) is 0. The number of hydrogen-bond acceptors (Lipinski definition) is 3. The van der Waals surface area contributed by atoms with Crippen molar-refractivity contribution in [3.63, 3.8) is 0 Å². The monoisotopic (exact) mass is 282 g/mol. The molecule has 4 heteroatoms. The second-order valence-corrected chi connectivity index (χ2v) is 4.55. The van der Waals surface area contributed by atoms with E-state index in [-0.39, 0.29) is 5.78 Å². The summed E-state index contributed by atoms with van der Waals surface area (Å²) in [6.45, 7) is 0. The van der Waals surface area contributed by atoms with Crippen LogP contribution in [0.3, 0.4) is 0 Å². The van der Waals surface area contributed by atoms with Crippen LogP contribution < -0.4 is 0 Å². The van der Waals surface area contributed by atoms with Crippen LogP contribution in [0.5, 0.6) is 0 Å². The first-order valence-electron chi connectivity index (χ1n) is 4.27. The van der Waals surface area contributed by atoms with Crippen molar-refractivity contribution in [3.05, 3.63) is 51.0 Å². The molecule has 0 aliphatic rings. The number of thiophene rings is 1. The molecule has 0 atom stereocenters. The van der Waals surface area contributed by atoms with Crippen LogP contribution in [0.2, 0.25) is 0 Å². The van der Waals surface area contributed by atoms with Gasteiger partial charge in [0.2, 0.25) is 0 Å². The van der Waals surface area contributed by atoms with Crippen LogP contribution in [0.15, 0.2) is 44.8 Å². The van der Waals surface area contributed by atoms with Crippen LogP contribution in [0.25, 0.3) is 6.08 Å². The molecule has 0 N–H and O–H groups in total. The maximum Gasteiger partial charge on any atom is 0.195 e. The molecular formula is C11H7BrO2S. The third-order valence-corrected chi connectivity index (χ3v) is 3.07. The van der Waals surface area contributed by atoms with Gasteiger partial charge in [0.15, 0.2) is 10.5 Å². The van der Waals surface area contributed by atoms with E-state index in [1.165, 1.54) is 17.4 Å². The number of halogens is 1. The summed E-state index contributed by atoms with van der Waals surface area (Å²) >= 11 is 4.63. The van der Waals surface area contributed by atoms with Crippen molar-refractivity contribution in [3.8, 4) is 0 Å². The molecule has 0 amide bonds. The Labute approximate surface area is 99.4 Å². The molecule has 0 unspecified atom stereocenters. The minimum atomic E-state index is -0.00229. The van der Waals surface area contributed by atoms with Gasteiger partial charge in [-0.15, -0.1) is 11.3 Å². The molecular weight excluding hydrogens is 276 g/mol. The lowest BCUT2D eigenvalue weighted by atomic mass is 10.3. The van der Waals surface area contributed by atoms with E-state index in [1.54, 1.807) is 24.3 Å². The minimum Gasteiger partial charge on any atom is -0.450 e. The van der Waals surface area contributed by atoms with Crippen molar-refractivity contribution < 1.29 is 9.21 Å². The largest absolute Gasteiger partial charge is 0.450 e. The van der Waals surface area contributed by atoms with Gasteiger partial charge in [-0.3, -0.25) is 4.79 Å². The van der Waals surface area contributed by atoms with Gasteiger partial charge in [0, 0.05) is 0 Å². The van der Waals surface area contributed by atoms with E-state index < -0.39 is 0 Å². The van der Waals surface area contributed by atoms with Crippen LogP contribution in [0.4, 0.5) is 0 Å². The predicted octanol–water partition coefficient (Wildman–Crippen LogP) is 4.00. The molecule has 0 saturated carbocycles. The zero-order chi connectivity index (χ0) is 10.7. The lowest BCUT2D eigenvalue weighted by Crippen LogP contribution is -1.87. The number of carbonyl (C=O) groups excluding carboxylic acids is 1. The van der Waals surface area contributed by atoms with E-state index in [9.17, 15) is 4.79 Å². The Morgan fingerprint density at radius 1 is 1.40 bits per heavy atom. The van der Waals surface area contributed by atoms with E-state index in [2.05, 4.69) is 15.9 Å². The average Bonchev–Trinajstić information content (AvgIpc) is 2.84. The highest BCUT2D eigenvalue weighted by atomic mass is 79.9. The molecule has 2 aromatic rings. The van der Waals surface area contributed by atoms with E-state index in [0.29, 0.717) is 10.4 Å². The van der Waals surface area contributed by atoms with Crippen molar-refractivity contribution in [2.75, 3.05) is 0 Å². The van der Waals surface area contributed by atoms with Gasteiger partial charge in [0.25, 0.3) is 0 Å². The summed E-state index contributed by atoms with van der Waals surface area (Å²) in [5, 5.41) is 1.88. The highest BCUT2D eigenvalue weighted by molar-refractivity contribution is 9.10. The molecule has 2 aromatic heterocycles. The van der Waals surface area contributed by atoms with E-state index >= 15 is 0 Å². The second kappa shape index (κ2) is 4.59. The Morgan fingerprint density at radius 3 is 2.87 bits per heavy atom. The minimum absolute atomic E-state index is 0.00229. The standard InChI is InChI=1S/C11H7BrO2S/c12-11-6-4-8(14-11)3-5-9(13)10-2-1-7-15-10/h1-7H/b5-3+. The molecule has 0 aliphatic carbocycles. The summed E-state index contributed by atoms with van der Waals surface area (Å²) in [6.07, 6.45) is 3.17. The molecule has 0 radical (unpaired) electrons. The lowest BCUT2D eigenvalue weighted by Gasteiger charge is -1.87. The number of furan rings is 1. The lowest BCUT2D eigenvalue weighted by molar-refractivity contribution is 0.105. The van der Waals surface area contributed by atoms with Crippen molar-refractivity contribution in [1.29, 1.82) is 0 Å². The second-order valence-electron chi connectivity index (χ2n) is 2.82. The summed E-state index contributed by atoms with van der Waals surface area (Å²) < 4.78 is 5.89. The molecule has 2 rings (SSSR count). The van der Waals surface area contributed by atoms with Crippen LogP contribution >= 0.6 is 27.3 Å². The fourth-order valence-corrected chi connectivity index (χ4v) is 2.04. The van der Waals surface area contributed by atoms with Crippen molar-refractivity contribution >= 4 is 39.1 Å². The van der Waals surface area contributed by atoms with Gasteiger partial charge >= 0.3 is 0 Å². The maximum atomic E-state index is 11.6. The zero-order valence-corrected chi connectivity index (χ0v) is 10.0. The summed E-state index contributed by atoms with van der Waals surface area (Å²) in [4.78, 5) is 12.3. The van der Waals surface area contributed by atoms with Gasteiger partial charge in [-0.1, -0.05) is 6.07 Å². The molecule has 0 aromatic carbocycles. The number of rotatable bonds is 3. The fourth-order valence-electron chi connectivity index (χ4n) is 1.08. The molecule has 0 bridgehead atoms. The van der Waals surface area contributed by atoms with Gasteiger partial charge in [-0.2, -0.15) is 0 Å². The van der Waals surface area contributed by atoms with Gasteiger partial charge < -0.3 is 4.42 Å². The quantitative estimate of drug-likeness (QED) is 0.629. The molecule has 76 valence electrons. The smallest absolute Gasteiger partial charge is 0.195 e. The first kappa shape index (κ1) is 10.4. The van der Waals surface area contributed by atoms with Crippen molar-refractivity contribution in [2.45, 2.75) is 0 Å².